The third-order valence-electron chi connectivity index (χ3n) is 2.45. The number of benzene rings is 1. The first-order valence-corrected chi connectivity index (χ1v) is 4.78. The van der Waals surface area contributed by atoms with Gasteiger partial charge in [0, 0.05) is 13.5 Å². The molecule has 0 saturated heterocycles. The van der Waals surface area contributed by atoms with Crippen LogP contribution >= 0.6 is 0 Å². The lowest BCUT2D eigenvalue weighted by Gasteiger charge is -2.22. The maximum Gasteiger partial charge on any atom is 0.151 e. The molecule has 0 saturated carbocycles. The van der Waals surface area contributed by atoms with Gasteiger partial charge in [0.25, 0.3) is 0 Å². The SMILES string of the molecule is COc1ccccc1CC(C)(C=O)OC. The Hall–Kier alpha value is -1.35. The van der Waals surface area contributed by atoms with E-state index in [0.717, 1.165) is 17.6 Å². The Balaban J connectivity index is 2.92. The van der Waals surface area contributed by atoms with Crippen LogP contribution in [0.15, 0.2) is 24.3 Å². The molecule has 0 bridgehead atoms. The van der Waals surface area contributed by atoms with Crippen molar-refractivity contribution in [3.05, 3.63) is 29.8 Å². The molecule has 0 fully saturated rings. The lowest BCUT2D eigenvalue weighted by Crippen LogP contribution is -2.32. The van der Waals surface area contributed by atoms with Crippen molar-refractivity contribution in [1.29, 1.82) is 0 Å². The smallest absolute Gasteiger partial charge is 0.151 e. The molecule has 1 rings (SSSR count). The molecule has 1 aromatic carbocycles. The van der Waals surface area contributed by atoms with Gasteiger partial charge in [0.2, 0.25) is 0 Å². The highest BCUT2D eigenvalue weighted by Crippen LogP contribution is 2.23. The molecular weight excluding hydrogens is 192 g/mol. The summed E-state index contributed by atoms with van der Waals surface area (Å²) in [5.74, 6) is 0.780. The van der Waals surface area contributed by atoms with Crippen LogP contribution in [0.4, 0.5) is 0 Å². The van der Waals surface area contributed by atoms with E-state index in [0.29, 0.717) is 6.42 Å². The molecule has 0 spiro atoms. The van der Waals surface area contributed by atoms with E-state index in [4.69, 9.17) is 9.47 Å². The van der Waals surface area contributed by atoms with Crippen molar-refractivity contribution in [2.75, 3.05) is 14.2 Å². The van der Waals surface area contributed by atoms with Crippen molar-refractivity contribution in [3.63, 3.8) is 0 Å². The lowest BCUT2D eigenvalue weighted by molar-refractivity contribution is -0.125. The van der Waals surface area contributed by atoms with Gasteiger partial charge in [-0.1, -0.05) is 18.2 Å². The summed E-state index contributed by atoms with van der Waals surface area (Å²) in [4.78, 5) is 10.9. The second kappa shape index (κ2) is 4.94. The number of carbonyl (C=O) groups excluding carboxylic acids is 1. The van der Waals surface area contributed by atoms with Gasteiger partial charge < -0.3 is 14.3 Å². The summed E-state index contributed by atoms with van der Waals surface area (Å²) in [6, 6.07) is 7.61. The van der Waals surface area contributed by atoms with E-state index in [1.54, 1.807) is 14.0 Å². The van der Waals surface area contributed by atoms with Crippen LogP contribution in [0.25, 0.3) is 0 Å². The van der Waals surface area contributed by atoms with Gasteiger partial charge in [0.05, 0.1) is 7.11 Å². The molecule has 1 unspecified atom stereocenters. The van der Waals surface area contributed by atoms with Crippen LogP contribution in [0.1, 0.15) is 12.5 Å². The van der Waals surface area contributed by atoms with Gasteiger partial charge in [0.1, 0.15) is 11.4 Å². The molecule has 0 N–H and O–H groups in total. The van der Waals surface area contributed by atoms with Crippen molar-refractivity contribution >= 4 is 6.29 Å². The zero-order valence-electron chi connectivity index (χ0n) is 9.32. The summed E-state index contributed by atoms with van der Waals surface area (Å²) in [5.41, 5.74) is 0.186. The minimum Gasteiger partial charge on any atom is -0.496 e. The lowest BCUT2D eigenvalue weighted by atomic mass is 9.97. The quantitative estimate of drug-likeness (QED) is 0.693. The van der Waals surface area contributed by atoms with E-state index in [2.05, 4.69) is 0 Å². The number of aldehydes is 1. The van der Waals surface area contributed by atoms with E-state index in [1.807, 2.05) is 24.3 Å². The number of methoxy groups -OCH3 is 2. The van der Waals surface area contributed by atoms with Gasteiger partial charge in [-0.05, 0) is 18.6 Å². The first kappa shape index (κ1) is 11.7. The third-order valence-corrected chi connectivity index (χ3v) is 2.45. The molecule has 15 heavy (non-hydrogen) atoms. The molecule has 0 radical (unpaired) electrons. The van der Waals surface area contributed by atoms with Gasteiger partial charge in [-0.15, -0.1) is 0 Å². The Morgan fingerprint density at radius 1 is 1.33 bits per heavy atom. The summed E-state index contributed by atoms with van der Waals surface area (Å²) < 4.78 is 10.4. The molecule has 0 amide bonds. The van der Waals surface area contributed by atoms with Crippen molar-refractivity contribution in [1.82, 2.24) is 0 Å². The van der Waals surface area contributed by atoms with Gasteiger partial charge in [-0.2, -0.15) is 0 Å². The number of carbonyl (C=O) groups is 1. The van der Waals surface area contributed by atoms with Gasteiger partial charge in [-0.3, -0.25) is 0 Å². The molecule has 0 aromatic heterocycles. The fraction of sp³-hybridized carbons (Fsp3) is 0.417. The third kappa shape index (κ3) is 2.80. The molecule has 82 valence electrons. The van der Waals surface area contributed by atoms with Gasteiger partial charge in [0.15, 0.2) is 6.29 Å². The van der Waals surface area contributed by atoms with Crippen molar-refractivity contribution in [3.8, 4) is 5.75 Å². The Morgan fingerprint density at radius 2 is 2.00 bits per heavy atom. The minimum atomic E-state index is -0.783. The number of ether oxygens (including phenoxy) is 2. The summed E-state index contributed by atoms with van der Waals surface area (Å²) in [5, 5.41) is 0. The van der Waals surface area contributed by atoms with Crippen molar-refractivity contribution in [2.45, 2.75) is 18.9 Å². The molecule has 0 heterocycles. The highest BCUT2D eigenvalue weighted by atomic mass is 16.5. The van der Waals surface area contributed by atoms with Gasteiger partial charge in [-0.25, -0.2) is 0 Å². The Bertz CT molecular complexity index is 335. The van der Waals surface area contributed by atoms with E-state index in [1.165, 1.54) is 7.11 Å². The highest BCUT2D eigenvalue weighted by molar-refractivity contribution is 5.63. The zero-order chi connectivity index (χ0) is 11.3. The summed E-state index contributed by atoms with van der Waals surface area (Å²) in [6.07, 6.45) is 1.33. The molecule has 0 aliphatic rings. The number of hydrogen-bond donors (Lipinski definition) is 0. The van der Waals surface area contributed by atoms with Crippen LogP contribution in [-0.4, -0.2) is 26.1 Å². The predicted molar refractivity (Wildman–Crippen MR) is 58.2 cm³/mol. The molecule has 3 nitrogen and oxygen atoms in total. The van der Waals surface area contributed by atoms with E-state index in [9.17, 15) is 4.79 Å². The average Bonchev–Trinajstić information content (AvgIpc) is 2.29. The topological polar surface area (TPSA) is 35.5 Å². The summed E-state index contributed by atoms with van der Waals surface area (Å²) >= 11 is 0. The van der Waals surface area contributed by atoms with E-state index in [-0.39, 0.29) is 0 Å². The largest absolute Gasteiger partial charge is 0.496 e. The van der Waals surface area contributed by atoms with Gasteiger partial charge >= 0.3 is 0 Å². The van der Waals surface area contributed by atoms with Crippen LogP contribution in [0.5, 0.6) is 5.75 Å². The molecule has 3 heteroatoms. The van der Waals surface area contributed by atoms with Crippen molar-refractivity contribution < 1.29 is 14.3 Å². The second-order valence-electron chi connectivity index (χ2n) is 3.62. The Morgan fingerprint density at radius 3 is 2.53 bits per heavy atom. The van der Waals surface area contributed by atoms with Crippen molar-refractivity contribution in [2.24, 2.45) is 0 Å². The zero-order valence-corrected chi connectivity index (χ0v) is 9.32. The number of rotatable bonds is 5. The molecule has 1 atom stereocenters. The predicted octanol–water partition coefficient (Wildman–Crippen LogP) is 1.84. The first-order chi connectivity index (χ1) is 7.15. The first-order valence-electron chi connectivity index (χ1n) is 4.78. The Kier molecular flexibility index (Phi) is 3.86. The van der Waals surface area contributed by atoms with Crippen LogP contribution in [0, 0.1) is 0 Å². The van der Waals surface area contributed by atoms with Crippen LogP contribution in [0.2, 0.25) is 0 Å². The fourth-order valence-electron chi connectivity index (χ4n) is 1.39. The fourth-order valence-corrected chi connectivity index (χ4v) is 1.39. The molecule has 0 aliphatic carbocycles. The highest BCUT2D eigenvalue weighted by Gasteiger charge is 2.24. The molecular formula is C12H16O3. The number of hydrogen-bond acceptors (Lipinski definition) is 3. The summed E-state index contributed by atoms with van der Waals surface area (Å²) in [6.45, 7) is 1.76. The van der Waals surface area contributed by atoms with Crippen LogP contribution in [0.3, 0.4) is 0 Å². The summed E-state index contributed by atoms with van der Waals surface area (Å²) in [7, 11) is 3.15. The Labute approximate surface area is 90.0 Å². The molecule has 1 aromatic rings. The van der Waals surface area contributed by atoms with E-state index >= 15 is 0 Å². The minimum absolute atomic E-state index is 0.511. The second-order valence-corrected chi connectivity index (χ2v) is 3.62. The maximum absolute atomic E-state index is 10.9. The standard InChI is InChI=1S/C12H16O3/c1-12(9-13,15-3)8-10-6-4-5-7-11(10)14-2/h4-7,9H,8H2,1-3H3. The van der Waals surface area contributed by atoms with Crippen LogP contribution < -0.4 is 4.74 Å². The van der Waals surface area contributed by atoms with Crippen LogP contribution in [-0.2, 0) is 16.0 Å². The monoisotopic (exact) mass is 208 g/mol. The average molecular weight is 208 g/mol. The molecule has 0 aliphatic heterocycles. The normalized spacial score (nSPS) is 14.3. The van der Waals surface area contributed by atoms with E-state index < -0.39 is 5.60 Å². The maximum atomic E-state index is 10.9. The number of para-hydroxylation sites is 1.